The minimum absolute atomic E-state index is 0.0243. The van der Waals surface area contributed by atoms with Gasteiger partial charge in [-0.2, -0.15) is 31.4 Å². The Morgan fingerprint density at radius 1 is 0.880 bits per heavy atom. The maximum absolute atomic E-state index is 13.3. The predicted octanol–water partition coefficient (Wildman–Crippen LogP) is 5.07. The van der Waals surface area contributed by atoms with Crippen molar-refractivity contribution in [3.63, 3.8) is 0 Å². The molecule has 0 unspecified atom stereocenters. The van der Waals surface area contributed by atoms with E-state index in [-0.39, 0.29) is 11.8 Å². The Labute approximate surface area is 137 Å². The molecule has 1 aromatic carbocycles. The summed E-state index contributed by atoms with van der Waals surface area (Å²) >= 11 is 0. The van der Waals surface area contributed by atoms with Crippen LogP contribution < -0.4 is 0 Å². The van der Waals surface area contributed by atoms with Gasteiger partial charge in [-0.05, 0) is 32.0 Å². The average Bonchev–Trinajstić information content (AvgIpc) is 2.83. The first-order valence-electron chi connectivity index (χ1n) is 7.10. The summed E-state index contributed by atoms with van der Waals surface area (Å²) in [5, 5.41) is 3.53. The first-order chi connectivity index (χ1) is 11.5. The van der Waals surface area contributed by atoms with Gasteiger partial charge in [-0.3, -0.25) is 0 Å². The van der Waals surface area contributed by atoms with E-state index >= 15 is 0 Å². The molecule has 0 amide bonds. The third kappa shape index (κ3) is 3.06. The molecule has 9 heteroatoms. The van der Waals surface area contributed by atoms with Gasteiger partial charge in [0.25, 0.3) is 0 Å². The van der Waals surface area contributed by atoms with E-state index in [1.807, 2.05) is 0 Å². The zero-order valence-electron chi connectivity index (χ0n) is 13.0. The molecule has 25 heavy (non-hydrogen) atoms. The number of fused-ring (bicyclic) bond motifs is 1. The largest absolute Gasteiger partial charge is 0.433 e. The summed E-state index contributed by atoms with van der Waals surface area (Å²) in [7, 11) is 0. The van der Waals surface area contributed by atoms with Crippen molar-refractivity contribution in [2.75, 3.05) is 0 Å². The molecule has 0 aliphatic rings. The van der Waals surface area contributed by atoms with Crippen molar-refractivity contribution < 1.29 is 26.3 Å². The molecule has 3 rings (SSSR count). The third-order valence-corrected chi connectivity index (χ3v) is 3.69. The van der Waals surface area contributed by atoms with Crippen LogP contribution in [-0.2, 0) is 12.4 Å². The van der Waals surface area contributed by atoms with Crippen LogP contribution in [0.1, 0.15) is 22.5 Å². The Morgan fingerprint density at radius 3 is 2.00 bits per heavy atom. The fourth-order valence-electron chi connectivity index (χ4n) is 2.52. The van der Waals surface area contributed by atoms with E-state index < -0.39 is 34.6 Å². The monoisotopic (exact) mass is 359 g/mol. The van der Waals surface area contributed by atoms with E-state index in [1.54, 1.807) is 31.2 Å². The van der Waals surface area contributed by atoms with Crippen LogP contribution in [0.3, 0.4) is 0 Å². The highest BCUT2D eigenvalue weighted by molar-refractivity contribution is 5.84. The lowest BCUT2D eigenvalue weighted by Crippen LogP contribution is -2.14. The zero-order valence-corrected chi connectivity index (χ0v) is 13.0. The number of hydrogen-bond donors (Lipinski definition) is 0. The minimum atomic E-state index is -5.01. The minimum Gasteiger partial charge on any atom is -0.223 e. The molecule has 0 aliphatic carbocycles. The highest BCUT2D eigenvalue weighted by Crippen LogP contribution is 2.39. The number of aromatic nitrogens is 3. The number of benzene rings is 1. The van der Waals surface area contributed by atoms with Crippen molar-refractivity contribution in [1.82, 2.24) is 14.8 Å². The number of alkyl halides is 6. The first kappa shape index (κ1) is 17.2. The summed E-state index contributed by atoms with van der Waals surface area (Å²) in [6.45, 7) is 3.11. The number of aryl methyl sites for hydroxylation is 2. The molecule has 3 aromatic rings. The maximum Gasteiger partial charge on any atom is 0.433 e. The topological polar surface area (TPSA) is 30.7 Å². The van der Waals surface area contributed by atoms with Crippen LogP contribution in [0.15, 0.2) is 30.3 Å². The summed E-state index contributed by atoms with van der Waals surface area (Å²) in [6.07, 6.45) is -9.97. The molecule has 0 saturated carbocycles. The SMILES string of the molecule is Cc1ccc(-n2nc(C)c3c(C(F)(F)F)cc(C(F)(F)F)nc32)cc1. The van der Waals surface area contributed by atoms with Crippen LogP contribution in [0.25, 0.3) is 16.7 Å². The second-order valence-corrected chi connectivity index (χ2v) is 5.58. The lowest BCUT2D eigenvalue weighted by molar-refractivity contribution is -0.144. The molecule has 0 atom stereocenters. The van der Waals surface area contributed by atoms with Gasteiger partial charge < -0.3 is 0 Å². The smallest absolute Gasteiger partial charge is 0.223 e. The van der Waals surface area contributed by atoms with E-state index in [9.17, 15) is 26.3 Å². The lowest BCUT2D eigenvalue weighted by Gasteiger charge is -2.13. The van der Waals surface area contributed by atoms with E-state index in [0.717, 1.165) is 10.2 Å². The van der Waals surface area contributed by atoms with Gasteiger partial charge in [0, 0.05) is 0 Å². The van der Waals surface area contributed by atoms with Gasteiger partial charge in [0.15, 0.2) is 5.65 Å². The van der Waals surface area contributed by atoms with Crippen molar-refractivity contribution in [1.29, 1.82) is 0 Å². The van der Waals surface area contributed by atoms with Crippen LogP contribution >= 0.6 is 0 Å². The molecule has 0 aliphatic heterocycles. The van der Waals surface area contributed by atoms with Crippen molar-refractivity contribution in [2.24, 2.45) is 0 Å². The Hall–Kier alpha value is -2.58. The summed E-state index contributed by atoms with van der Waals surface area (Å²) in [4.78, 5) is 3.42. The van der Waals surface area contributed by atoms with Crippen molar-refractivity contribution in [2.45, 2.75) is 26.2 Å². The van der Waals surface area contributed by atoms with Gasteiger partial charge >= 0.3 is 12.4 Å². The molecule has 0 saturated heterocycles. The van der Waals surface area contributed by atoms with Crippen LogP contribution in [0.5, 0.6) is 0 Å². The van der Waals surface area contributed by atoms with Gasteiger partial charge in [-0.25, -0.2) is 9.67 Å². The van der Waals surface area contributed by atoms with Crippen molar-refractivity contribution in [3.8, 4) is 5.69 Å². The average molecular weight is 359 g/mol. The van der Waals surface area contributed by atoms with Crippen LogP contribution in [0, 0.1) is 13.8 Å². The fourth-order valence-corrected chi connectivity index (χ4v) is 2.52. The van der Waals surface area contributed by atoms with Crippen molar-refractivity contribution in [3.05, 3.63) is 52.8 Å². The summed E-state index contributed by atoms with van der Waals surface area (Å²) in [6, 6.07) is 6.48. The molecular formula is C16H11F6N3. The van der Waals surface area contributed by atoms with Gasteiger partial charge in [0.05, 0.1) is 22.3 Å². The van der Waals surface area contributed by atoms with Crippen LogP contribution in [-0.4, -0.2) is 14.8 Å². The number of hydrogen-bond acceptors (Lipinski definition) is 2. The second kappa shape index (κ2) is 5.47. The Balaban J connectivity index is 2.40. The number of rotatable bonds is 1. The number of nitrogens with zero attached hydrogens (tertiary/aromatic N) is 3. The van der Waals surface area contributed by atoms with E-state index in [2.05, 4.69) is 10.1 Å². The summed E-state index contributed by atoms with van der Waals surface area (Å²) < 4.78 is 79.9. The molecular weight excluding hydrogens is 348 g/mol. The van der Waals surface area contributed by atoms with E-state index in [4.69, 9.17) is 0 Å². The van der Waals surface area contributed by atoms with Gasteiger partial charge in [0.1, 0.15) is 5.69 Å². The third-order valence-electron chi connectivity index (χ3n) is 3.69. The highest BCUT2D eigenvalue weighted by Gasteiger charge is 2.40. The molecule has 0 radical (unpaired) electrons. The van der Waals surface area contributed by atoms with Gasteiger partial charge in [-0.15, -0.1) is 0 Å². The van der Waals surface area contributed by atoms with Crippen LogP contribution in [0.4, 0.5) is 26.3 Å². The van der Waals surface area contributed by atoms with E-state index in [0.29, 0.717) is 5.69 Å². The molecule has 132 valence electrons. The van der Waals surface area contributed by atoms with Gasteiger partial charge in [0.2, 0.25) is 0 Å². The molecule has 0 N–H and O–H groups in total. The second-order valence-electron chi connectivity index (χ2n) is 5.58. The zero-order chi connectivity index (χ0) is 18.6. The maximum atomic E-state index is 13.3. The molecule has 0 bridgehead atoms. The Kier molecular flexibility index (Phi) is 3.77. The number of halogens is 6. The van der Waals surface area contributed by atoms with E-state index in [1.165, 1.54) is 6.92 Å². The highest BCUT2D eigenvalue weighted by atomic mass is 19.4. The molecule has 2 aromatic heterocycles. The molecule has 3 nitrogen and oxygen atoms in total. The quantitative estimate of drug-likeness (QED) is 0.568. The number of pyridine rings is 1. The standard InChI is InChI=1S/C16H11F6N3/c1-8-3-5-10(6-4-8)25-14-13(9(2)24-25)11(15(17,18)19)7-12(23-14)16(20,21)22/h3-7H,1-2H3. The van der Waals surface area contributed by atoms with Gasteiger partial charge in [-0.1, -0.05) is 17.7 Å². The first-order valence-corrected chi connectivity index (χ1v) is 7.10. The summed E-state index contributed by atoms with van der Waals surface area (Å²) in [5.41, 5.74) is -2.34. The molecule has 0 spiro atoms. The Bertz CT molecular complexity index is 936. The molecule has 0 fully saturated rings. The summed E-state index contributed by atoms with van der Waals surface area (Å²) in [5.74, 6) is 0. The molecule has 2 heterocycles. The fraction of sp³-hybridized carbons (Fsp3) is 0.250. The van der Waals surface area contributed by atoms with Crippen LogP contribution in [0.2, 0.25) is 0 Å². The van der Waals surface area contributed by atoms with Crippen molar-refractivity contribution >= 4 is 11.0 Å². The predicted molar refractivity (Wildman–Crippen MR) is 78.3 cm³/mol. The lowest BCUT2D eigenvalue weighted by atomic mass is 10.1. The normalized spacial score (nSPS) is 12.8. The Morgan fingerprint density at radius 2 is 1.48 bits per heavy atom.